The molecule has 0 saturated carbocycles. The standard InChI is InChI=1S/C20H19F4NO3/c1-19(2,21)10-14(18(26)27)25-17(20(22,23)24)11-7-8-13-12-5-3-4-6-15(12)28-16(13)9-11/h3-9,14,17,25H,10H2,1-2H3,(H,26,27)/t14-,17?/m0/s1. The predicted molar refractivity (Wildman–Crippen MR) is 96.9 cm³/mol. The summed E-state index contributed by atoms with van der Waals surface area (Å²) in [6.07, 6.45) is -5.39. The number of furan rings is 1. The highest BCUT2D eigenvalue weighted by Gasteiger charge is 2.44. The van der Waals surface area contributed by atoms with Crippen molar-refractivity contribution in [2.24, 2.45) is 0 Å². The van der Waals surface area contributed by atoms with Gasteiger partial charge in [-0.25, -0.2) is 4.39 Å². The van der Waals surface area contributed by atoms with E-state index in [0.29, 0.717) is 11.0 Å². The number of halogens is 4. The van der Waals surface area contributed by atoms with Gasteiger partial charge in [0.1, 0.15) is 28.9 Å². The molecule has 0 spiro atoms. The smallest absolute Gasteiger partial charge is 0.407 e. The second-order valence-electron chi connectivity index (χ2n) is 7.31. The lowest BCUT2D eigenvalue weighted by atomic mass is 9.98. The molecule has 4 nitrogen and oxygen atoms in total. The Kier molecular flexibility index (Phi) is 5.10. The Morgan fingerprint density at radius 3 is 2.32 bits per heavy atom. The molecule has 1 aromatic heterocycles. The molecular formula is C20H19F4NO3. The van der Waals surface area contributed by atoms with E-state index in [4.69, 9.17) is 4.42 Å². The Bertz CT molecular complexity index is 1000. The molecule has 1 unspecified atom stereocenters. The van der Waals surface area contributed by atoms with Gasteiger partial charge in [-0.2, -0.15) is 13.2 Å². The third-order valence-electron chi connectivity index (χ3n) is 4.42. The first kappa shape index (κ1) is 20.1. The van der Waals surface area contributed by atoms with Gasteiger partial charge in [-0.3, -0.25) is 10.1 Å². The maximum absolute atomic E-state index is 13.9. The van der Waals surface area contributed by atoms with Crippen molar-refractivity contribution in [3.8, 4) is 0 Å². The van der Waals surface area contributed by atoms with Crippen molar-refractivity contribution < 1.29 is 31.9 Å². The maximum Gasteiger partial charge on any atom is 0.407 e. The Labute approximate surface area is 158 Å². The summed E-state index contributed by atoms with van der Waals surface area (Å²) >= 11 is 0. The van der Waals surface area contributed by atoms with Crippen molar-refractivity contribution in [3.63, 3.8) is 0 Å². The number of hydrogen-bond donors (Lipinski definition) is 2. The molecule has 0 aliphatic heterocycles. The summed E-state index contributed by atoms with van der Waals surface area (Å²) in [7, 11) is 0. The molecule has 0 amide bonds. The number of carboxylic acids is 1. The first-order valence-electron chi connectivity index (χ1n) is 8.61. The molecule has 28 heavy (non-hydrogen) atoms. The largest absolute Gasteiger partial charge is 0.480 e. The summed E-state index contributed by atoms with van der Waals surface area (Å²) in [5.74, 6) is -1.55. The second kappa shape index (κ2) is 7.09. The number of para-hydroxylation sites is 1. The normalized spacial score (nSPS) is 15.1. The van der Waals surface area contributed by atoms with E-state index in [0.717, 1.165) is 19.2 Å². The van der Waals surface area contributed by atoms with Crippen LogP contribution in [0.3, 0.4) is 0 Å². The second-order valence-corrected chi connectivity index (χ2v) is 7.31. The Morgan fingerprint density at radius 1 is 1.07 bits per heavy atom. The molecule has 2 atom stereocenters. The molecule has 2 N–H and O–H groups in total. The lowest BCUT2D eigenvalue weighted by Crippen LogP contribution is -2.47. The highest BCUT2D eigenvalue weighted by molar-refractivity contribution is 6.04. The minimum absolute atomic E-state index is 0.207. The maximum atomic E-state index is 13.9. The zero-order valence-corrected chi connectivity index (χ0v) is 15.2. The van der Waals surface area contributed by atoms with Crippen molar-refractivity contribution in [3.05, 3.63) is 48.0 Å². The van der Waals surface area contributed by atoms with Gasteiger partial charge in [0, 0.05) is 17.2 Å². The summed E-state index contributed by atoms with van der Waals surface area (Å²) in [5.41, 5.74) is -1.36. The lowest BCUT2D eigenvalue weighted by molar-refractivity contribution is -0.164. The van der Waals surface area contributed by atoms with Gasteiger partial charge < -0.3 is 9.52 Å². The minimum Gasteiger partial charge on any atom is -0.480 e. The molecule has 0 radical (unpaired) electrons. The lowest BCUT2D eigenvalue weighted by Gasteiger charge is -2.28. The fourth-order valence-corrected chi connectivity index (χ4v) is 3.21. The Morgan fingerprint density at radius 2 is 1.71 bits per heavy atom. The number of carboxylic acid groups (broad SMARTS) is 1. The van der Waals surface area contributed by atoms with Crippen molar-refractivity contribution in [1.29, 1.82) is 0 Å². The molecule has 3 rings (SSSR count). The average Bonchev–Trinajstić information content (AvgIpc) is 2.93. The number of rotatable bonds is 6. The highest BCUT2D eigenvalue weighted by atomic mass is 19.4. The van der Waals surface area contributed by atoms with E-state index in [1.54, 1.807) is 24.3 Å². The molecule has 0 saturated heterocycles. The van der Waals surface area contributed by atoms with Gasteiger partial charge in [0.25, 0.3) is 0 Å². The third kappa shape index (κ3) is 4.27. The molecule has 0 aliphatic carbocycles. The zero-order valence-electron chi connectivity index (χ0n) is 15.2. The molecule has 8 heteroatoms. The van der Waals surface area contributed by atoms with E-state index in [2.05, 4.69) is 5.32 Å². The SMILES string of the molecule is CC(C)(F)C[C@H](NC(c1ccc2c(c1)oc1ccccc12)C(F)(F)F)C(=O)O. The average molecular weight is 397 g/mol. The summed E-state index contributed by atoms with van der Waals surface area (Å²) in [6.45, 7) is 2.24. The fraction of sp³-hybridized carbons (Fsp3) is 0.350. The van der Waals surface area contributed by atoms with E-state index in [-0.39, 0.29) is 11.1 Å². The molecule has 2 aromatic carbocycles. The van der Waals surface area contributed by atoms with Gasteiger partial charge in [0.15, 0.2) is 0 Å². The van der Waals surface area contributed by atoms with Crippen LogP contribution >= 0.6 is 0 Å². The van der Waals surface area contributed by atoms with Crippen LogP contribution in [-0.4, -0.2) is 29.0 Å². The molecule has 150 valence electrons. The molecule has 0 aliphatic rings. The molecule has 3 aromatic rings. The molecule has 0 fully saturated rings. The number of benzene rings is 2. The molecule has 1 heterocycles. The van der Waals surface area contributed by atoms with E-state index < -0.39 is 36.3 Å². The number of alkyl halides is 4. The van der Waals surface area contributed by atoms with Gasteiger partial charge in [0.2, 0.25) is 0 Å². The van der Waals surface area contributed by atoms with E-state index in [9.17, 15) is 27.5 Å². The molecular weight excluding hydrogens is 378 g/mol. The van der Waals surface area contributed by atoms with Crippen molar-refractivity contribution in [1.82, 2.24) is 5.32 Å². The van der Waals surface area contributed by atoms with Crippen molar-refractivity contribution in [2.75, 3.05) is 0 Å². The number of aliphatic carboxylic acids is 1. The third-order valence-corrected chi connectivity index (χ3v) is 4.42. The minimum atomic E-state index is -4.78. The topological polar surface area (TPSA) is 62.5 Å². The van der Waals surface area contributed by atoms with Crippen LogP contribution in [0.5, 0.6) is 0 Å². The van der Waals surface area contributed by atoms with Crippen LogP contribution in [0.25, 0.3) is 21.9 Å². The van der Waals surface area contributed by atoms with Gasteiger partial charge in [0.05, 0.1) is 0 Å². The molecule has 0 bridgehead atoms. The first-order valence-corrected chi connectivity index (χ1v) is 8.61. The number of carbonyl (C=O) groups is 1. The monoisotopic (exact) mass is 397 g/mol. The summed E-state index contributed by atoms with van der Waals surface area (Å²) in [6, 6.07) is 7.07. The summed E-state index contributed by atoms with van der Waals surface area (Å²) < 4.78 is 60.6. The van der Waals surface area contributed by atoms with Crippen LogP contribution in [0.2, 0.25) is 0 Å². The van der Waals surface area contributed by atoms with Gasteiger partial charge in [-0.15, -0.1) is 0 Å². The van der Waals surface area contributed by atoms with Crippen LogP contribution in [0.4, 0.5) is 17.6 Å². The summed E-state index contributed by atoms with van der Waals surface area (Å²) in [5, 5.41) is 12.7. The highest BCUT2D eigenvalue weighted by Crippen LogP contribution is 2.37. The van der Waals surface area contributed by atoms with Crippen LogP contribution in [-0.2, 0) is 4.79 Å². The van der Waals surface area contributed by atoms with Crippen molar-refractivity contribution in [2.45, 2.75) is 44.2 Å². The number of nitrogens with one attached hydrogen (secondary N) is 1. The van der Waals surface area contributed by atoms with Gasteiger partial charge in [-0.05, 0) is 31.5 Å². The number of hydrogen-bond acceptors (Lipinski definition) is 3. The first-order chi connectivity index (χ1) is 13.0. The zero-order chi connectivity index (χ0) is 20.7. The summed E-state index contributed by atoms with van der Waals surface area (Å²) in [4.78, 5) is 11.4. The van der Waals surface area contributed by atoms with Crippen LogP contribution < -0.4 is 5.32 Å². The van der Waals surface area contributed by atoms with Crippen molar-refractivity contribution >= 4 is 27.9 Å². The Balaban J connectivity index is 2.01. The van der Waals surface area contributed by atoms with Crippen LogP contribution in [0.15, 0.2) is 46.9 Å². The van der Waals surface area contributed by atoms with Gasteiger partial charge >= 0.3 is 12.1 Å². The van der Waals surface area contributed by atoms with Crippen LogP contribution in [0.1, 0.15) is 31.9 Å². The van der Waals surface area contributed by atoms with Gasteiger partial charge in [-0.1, -0.05) is 30.3 Å². The van der Waals surface area contributed by atoms with E-state index in [1.165, 1.54) is 18.2 Å². The quantitative estimate of drug-likeness (QED) is 0.549. The predicted octanol–water partition coefficient (Wildman–Crippen LogP) is 5.37. The van der Waals surface area contributed by atoms with E-state index >= 15 is 0 Å². The van der Waals surface area contributed by atoms with E-state index in [1.807, 2.05) is 0 Å². The Hall–Kier alpha value is -2.61. The number of fused-ring (bicyclic) bond motifs is 3. The van der Waals surface area contributed by atoms with Crippen LogP contribution in [0, 0.1) is 0 Å². The fourth-order valence-electron chi connectivity index (χ4n) is 3.21.